The lowest BCUT2D eigenvalue weighted by atomic mass is 10.2. The zero-order valence-corrected chi connectivity index (χ0v) is 17.2. The molecule has 4 aromatic rings. The molecule has 0 N–H and O–H groups in total. The van der Waals surface area contributed by atoms with Gasteiger partial charge in [-0.3, -0.25) is 14.5 Å². The molecule has 0 fully saturated rings. The van der Waals surface area contributed by atoms with Gasteiger partial charge in [0.2, 0.25) is 0 Å². The molecule has 0 saturated heterocycles. The van der Waals surface area contributed by atoms with Gasteiger partial charge in [-0.15, -0.1) is 0 Å². The molecule has 0 radical (unpaired) electrons. The van der Waals surface area contributed by atoms with Gasteiger partial charge in [-0.2, -0.15) is 16.4 Å². The number of aromatic nitrogens is 4. The third kappa shape index (κ3) is 4.27. The number of nitrogens with zero attached hydrogens (tertiary/aromatic N) is 5. The maximum atomic E-state index is 5.80. The fourth-order valence-electron chi connectivity index (χ4n) is 3.13. The molecule has 0 atom stereocenters. The summed E-state index contributed by atoms with van der Waals surface area (Å²) in [6.45, 7) is 2.18. The van der Waals surface area contributed by atoms with Crippen molar-refractivity contribution in [1.29, 1.82) is 0 Å². The van der Waals surface area contributed by atoms with E-state index in [-0.39, 0.29) is 0 Å². The Bertz CT molecular complexity index is 1070. The Kier molecular flexibility index (Phi) is 5.76. The van der Waals surface area contributed by atoms with Crippen molar-refractivity contribution >= 4 is 23.6 Å². The Hall–Kier alpha value is -2.61. The number of hydrogen-bond donors (Lipinski definition) is 0. The lowest BCUT2D eigenvalue weighted by Gasteiger charge is -2.15. The Balaban J connectivity index is 1.66. The standard InChI is InChI=1S/C21H21N5S2/c1-24(13-18-9-12-28-15-18)16-26-21(27)25(14-17-5-3-2-4-6-17)20(23-26)19-7-10-22-11-8-19/h2-12,15H,13-14,16H2,1H3. The van der Waals surface area contributed by atoms with Crippen molar-refractivity contribution in [2.75, 3.05) is 7.05 Å². The van der Waals surface area contributed by atoms with Crippen LogP contribution in [-0.2, 0) is 19.8 Å². The molecule has 0 aliphatic carbocycles. The molecule has 0 amide bonds. The number of thiophene rings is 1. The summed E-state index contributed by atoms with van der Waals surface area (Å²) in [6, 6.07) is 16.4. The molecule has 5 nitrogen and oxygen atoms in total. The zero-order valence-electron chi connectivity index (χ0n) is 15.6. The van der Waals surface area contributed by atoms with Crippen molar-refractivity contribution in [2.24, 2.45) is 0 Å². The fourth-order valence-corrected chi connectivity index (χ4v) is 4.04. The van der Waals surface area contributed by atoms with Gasteiger partial charge in [0.15, 0.2) is 10.6 Å². The van der Waals surface area contributed by atoms with Gasteiger partial charge in [0.25, 0.3) is 0 Å². The third-order valence-electron chi connectivity index (χ3n) is 4.45. The second kappa shape index (κ2) is 8.60. The van der Waals surface area contributed by atoms with Crippen LogP contribution in [0.1, 0.15) is 11.1 Å². The van der Waals surface area contributed by atoms with Gasteiger partial charge in [-0.05, 0) is 59.4 Å². The number of hydrogen-bond acceptors (Lipinski definition) is 5. The van der Waals surface area contributed by atoms with Crippen LogP contribution in [0.2, 0.25) is 0 Å². The molecule has 0 spiro atoms. The van der Waals surface area contributed by atoms with E-state index in [9.17, 15) is 0 Å². The van der Waals surface area contributed by atoms with Crippen LogP contribution in [0.15, 0.2) is 71.7 Å². The predicted molar refractivity (Wildman–Crippen MR) is 116 cm³/mol. The van der Waals surface area contributed by atoms with Gasteiger partial charge in [-0.1, -0.05) is 30.3 Å². The topological polar surface area (TPSA) is 38.9 Å². The molecule has 0 saturated carbocycles. The summed E-state index contributed by atoms with van der Waals surface area (Å²) in [4.78, 5) is 6.34. The highest BCUT2D eigenvalue weighted by Gasteiger charge is 2.14. The normalized spacial score (nSPS) is 11.2. The summed E-state index contributed by atoms with van der Waals surface area (Å²) < 4.78 is 4.71. The van der Waals surface area contributed by atoms with Gasteiger partial charge >= 0.3 is 0 Å². The van der Waals surface area contributed by atoms with Crippen LogP contribution in [0, 0.1) is 4.77 Å². The quantitative estimate of drug-likeness (QED) is 0.417. The first-order valence-electron chi connectivity index (χ1n) is 9.02. The van der Waals surface area contributed by atoms with Crippen molar-refractivity contribution in [3.05, 3.63) is 87.6 Å². The van der Waals surface area contributed by atoms with E-state index in [1.807, 2.05) is 35.0 Å². The van der Waals surface area contributed by atoms with E-state index in [1.54, 1.807) is 23.7 Å². The van der Waals surface area contributed by atoms with Crippen LogP contribution in [-0.4, -0.2) is 31.3 Å². The molecule has 0 aliphatic rings. The van der Waals surface area contributed by atoms with Crippen LogP contribution in [0.3, 0.4) is 0 Å². The van der Waals surface area contributed by atoms with Crippen LogP contribution < -0.4 is 0 Å². The van der Waals surface area contributed by atoms with Crippen molar-refractivity contribution < 1.29 is 0 Å². The molecule has 3 heterocycles. The van der Waals surface area contributed by atoms with Crippen molar-refractivity contribution in [1.82, 2.24) is 24.2 Å². The molecule has 3 aromatic heterocycles. The summed E-state index contributed by atoms with van der Waals surface area (Å²) >= 11 is 7.52. The molecule has 0 aliphatic heterocycles. The maximum Gasteiger partial charge on any atom is 0.199 e. The lowest BCUT2D eigenvalue weighted by Crippen LogP contribution is -2.22. The smallest absolute Gasteiger partial charge is 0.199 e. The maximum absolute atomic E-state index is 5.80. The summed E-state index contributed by atoms with van der Waals surface area (Å²) in [7, 11) is 2.09. The minimum Gasteiger partial charge on any atom is -0.295 e. The largest absolute Gasteiger partial charge is 0.295 e. The van der Waals surface area contributed by atoms with E-state index in [4.69, 9.17) is 17.3 Å². The second-order valence-corrected chi connectivity index (χ2v) is 7.85. The molecule has 28 heavy (non-hydrogen) atoms. The molecular formula is C21H21N5S2. The average molecular weight is 408 g/mol. The first-order valence-corrected chi connectivity index (χ1v) is 10.4. The van der Waals surface area contributed by atoms with E-state index in [1.165, 1.54) is 11.1 Å². The second-order valence-electron chi connectivity index (χ2n) is 6.70. The molecule has 4 rings (SSSR count). The predicted octanol–water partition coefficient (Wildman–Crippen LogP) is 4.68. The van der Waals surface area contributed by atoms with Crippen LogP contribution in [0.5, 0.6) is 0 Å². The van der Waals surface area contributed by atoms with Crippen molar-refractivity contribution in [3.63, 3.8) is 0 Å². The van der Waals surface area contributed by atoms with Gasteiger partial charge in [-0.25, -0.2) is 4.68 Å². The summed E-state index contributed by atoms with van der Waals surface area (Å²) in [6.07, 6.45) is 3.57. The molecule has 1 aromatic carbocycles. The Morgan fingerprint density at radius 3 is 2.54 bits per heavy atom. The molecular weight excluding hydrogens is 386 g/mol. The number of rotatable bonds is 7. The molecule has 0 unspecified atom stereocenters. The minimum absolute atomic E-state index is 0.633. The number of pyridine rings is 1. The van der Waals surface area contributed by atoms with E-state index >= 15 is 0 Å². The Labute approximate surface area is 173 Å². The van der Waals surface area contributed by atoms with Gasteiger partial charge in [0.05, 0.1) is 13.2 Å². The molecule has 142 valence electrons. The van der Waals surface area contributed by atoms with E-state index in [2.05, 4.69) is 50.5 Å². The highest BCUT2D eigenvalue weighted by Crippen LogP contribution is 2.19. The molecule has 7 heteroatoms. The summed E-state index contributed by atoms with van der Waals surface area (Å²) in [5, 5.41) is 9.13. The summed E-state index contributed by atoms with van der Waals surface area (Å²) in [5.41, 5.74) is 3.51. The van der Waals surface area contributed by atoms with Gasteiger partial charge in [0, 0.05) is 24.5 Å². The Morgan fingerprint density at radius 1 is 1.04 bits per heavy atom. The van der Waals surface area contributed by atoms with E-state index in [0.29, 0.717) is 18.0 Å². The highest BCUT2D eigenvalue weighted by atomic mass is 32.1. The molecule has 0 bridgehead atoms. The van der Waals surface area contributed by atoms with Crippen LogP contribution in [0.25, 0.3) is 11.4 Å². The fraction of sp³-hybridized carbons (Fsp3) is 0.190. The lowest BCUT2D eigenvalue weighted by molar-refractivity contribution is 0.244. The highest BCUT2D eigenvalue weighted by molar-refractivity contribution is 7.71. The van der Waals surface area contributed by atoms with Crippen LogP contribution in [0.4, 0.5) is 0 Å². The third-order valence-corrected chi connectivity index (χ3v) is 5.62. The average Bonchev–Trinajstić information content (AvgIpc) is 3.33. The van der Waals surface area contributed by atoms with Crippen molar-refractivity contribution in [2.45, 2.75) is 19.8 Å². The van der Waals surface area contributed by atoms with Crippen LogP contribution >= 0.6 is 23.6 Å². The van der Waals surface area contributed by atoms with Gasteiger partial charge < -0.3 is 0 Å². The minimum atomic E-state index is 0.633. The van der Waals surface area contributed by atoms with Gasteiger partial charge in [0.1, 0.15) is 0 Å². The summed E-state index contributed by atoms with van der Waals surface area (Å²) in [5.74, 6) is 0.861. The van der Waals surface area contributed by atoms with E-state index in [0.717, 1.165) is 17.9 Å². The SMILES string of the molecule is CN(Cc1ccsc1)Cn1nc(-c2ccncc2)n(Cc2ccccc2)c1=S. The number of benzene rings is 1. The van der Waals surface area contributed by atoms with E-state index < -0.39 is 0 Å². The first kappa shape index (κ1) is 18.7. The first-order chi connectivity index (χ1) is 13.7. The Morgan fingerprint density at radius 2 is 1.82 bits per heavy atom. The van der Waals surface area contributed by atoms with Crippen molar-refractivity contribution in [3.8, 4) is 11.4 Å². The monoisotopic (exact) mass is 407 g/mol. The zero-order chi connectivity index (χ0) is 19.3.